The Balaban J connectivity index is 1.62. The largest absolute Gasteiger partial charge is 0.256 e. The second-order valence-corrected chi connectivity index (χ2v) is 9.70. The number of halogens is 1. The summed E-state index contributed by atoms with van der Waals surface area (Å²) in [4.78, 5) is 0. The van der Waals surface area contributed by atoms with Gasteiger partial charge >= 0.3 is 0 Å². The van der Waals surface area contributed by atoms with E-state index >= 15 is 0 Å². The molecule has 0 aliphatic heterocycles. The highest BCUT2D eigenvalue weighted by Crippen LogP contribution is 2.45. The molecule has 33 heavy (non-hydrogen) atoms. The molecule has 3 heteroatoms. The fourth-order valence-electron chi connectivity index (χ4n) is 4.97. The molecule has 0 radical (unpaired) electrons. The monoisotopic (exact) mass is 458 g/mol. The average Bonchev–Trinajstić information content (AvgIpc) is 3.41. The number of allylic oxidation sites excluding steroid dienone is 6. The summed E-state index contributed by atoms with van der Waals surface area (Å²) in [5.41, 5.74) is 6.01. The molecule has 0 saturated heterocycles. The van der Waals surface area contributed by atoms with Crippen molar-refractivity contribution in [3.63, 3.8) is 0 Å². The van der Waals surface area contributed by atoms with Crippen LogP contribution in [0.2, 0.25) is 5.02 Å². The van der Waals surface area contributed by atoms with Crippen molar-refractivity contribution in [1.82, 2.24) is 4.57 Å². The number of para-hydroxylation sites is 1. The van der Waals surface area contributed by atoms with E-state index in [2.05, 4.69) is 89.5 Å². The Morgan fingerprint density at radius 1 is 0.727 bits per heavy atom. The van der Waals surface area contributed by atoms with Crippen molar-refractivity contribution < 1.29 is 0 Å². The van der Waals surface area contributed by atoms with E-state index in [4.69, 9.17) is 11.6 Å². The highest BCUT2D eigenvalue weighted by Gasteiger charge is 2.20. The number of nitrogens with zero attached hydrogens (tertiary/aromatic N) is 1. The van der Waals surface area contributed by atoms with Crippen LogP contribution < -0.4 is 0 Å². The molecule has 154 valence electrons. The van der Waals surface area contributed by atoms with Crippen LogP contribution in [-0.2, 0) is 0 Å². The maximum atomic E-state index is 6.15. The fraction of sp³-hybridized carbons (Fsp3) is 0. The lowest BCUT2D eigenvalue weighted by Crippen LogP contribution is -1.95. The van der Waals surface area contributed by atoms with Crippen molar-refractivity contribution in [2.75, 3.05) is 0 Å². The van der Waals surface area contributed by atoms with Gasteiger partial charge in [0, 0.05) is 48.1 Å². The van der Waals surface area contributed by atoms with Gasteiger partial charge < -0.3 is 0 Å². The second kappa shape index (κ2) is 7.16. The van der Waals surface area contributed by atoms with Gasteiger partial charge in [0.25, 0.3) is 0 Å². The molecule has 2 aromatic heterocycles. The van der Waals surface area contributed by atoms with Gasteiger partial charge in [0.15, 0.2) is 5.70 Å². The standard InChI is InChI=1S/C30H17ClNS/c31-20-15-13-19(14-16-20)22-10-6-11-23-24-17-18-27-28(30(24)33-29(22)23)25-9-4-5-12-26(25)32(27)21-7-2-1-3-8-21/h1-2,4-18H/q+1. The molecule has 7 rings (SSSR count). The van der Waals surface area contributed by atoms with Gasteiger partial charge in [-0.05, 0) is 35.4 Å². The minimum Gasteiger partial charge on any atom is -0.256 e. The quantitative estimate of drug-likeness (QED) is 0.228. The van der Waals surface area contributed by atoms with E-state index in [1.165, 1.54) is 53.1 Å². The number of fused-ring (bicyclic) bond motifs is 7. The number of thiophene rings is 1. The van der Waals surface area contributed by atoms with Crippen molar-refractivity contribution in [3.8, 4) is 11.1 Å². The van der Waals surface area contributed by atoms with E-state index < -0.39 is 0 Å². The lowest BCUT2D eigenvalue weighted by molar-refractivity contribution is 1.23. The molecule has 6 aromatic rings. The van der Waals surface area contributed by atoms with Crippen molar-refractivity contribution in [2.24, 2.45) is 0 Å². The Hall–Kier alpha value is -3.68. The van der Waals surface area contributed by atoms with Gasteiger partial charge in [0.2, 0.25) is 0 Å². The third kappa shape index (κ3) is 2.76. The summed E-state index contributed by atoms with van der Waals surface area (Å²) in [5.74, 6) is 0. The van der Waals surface area contributed by atoms with E-state index in [0.29, 0.717) is 0 Å². The Morgan fingerprint density at radius 3 is 2.39 bits per heavy atom. The third-order valence-electron chi connectivity index (χ3n) is 6.40. The van der Waals surface area contributed by atoms with E-state index in [-0.39, 0.29) is 0 Å². The summed E-state index contributed by atoms with van der Waals surface area (Å²) in [5, 5.41) is 5.96. The summed E-state index contributed by atoms with van der Waals surface area (Å²) < 4.78 is 5.00. The Labute approximate surface area is 200 Å². The lowest BCUT2D eigenvalue weighted by Gasteiger charge is -2.04. The molecule has 0 fully saturated rings. The second-order valence-electron chi connectivity index (χ2n) is 8.24. The number of rotatable bonds is 2. The molecule has 1 aliphatic rings. The van der Waals surface area contributed by atoms with Crippen LogP contribution in [0.5, 0.6) is 0 Å². The number of hydrogen-bond acceptors (Lipinski definition) is 1. The molecular formula is C30H17ClNS+. The van der Waals surface area contributed by atoms with Gasteiger partial charge in [-0.1, -0.05) is 66.2 Å². The molecule has 0 amide bonds. The summed E-state index contributed by atoms with van der Waals surface area (Å²) >= 11 is 8.04. The van der Waals surface area contributed by atoms with E-state index in [1.807, 2.05) is 35.6 Å². The maximum Gasteiger partial charge on any atom is 0.158 e. The van der Waals surface area contributed by atoms with Gasteiger partial charge in [-0.2, -0.15) is 0 Å². The number of aromatic nitrogens is 1. The molecular weight excluding hydrogens is 442 g/mol. The van der Waals surface area contributed by atoms with Crippen LogP contribution in [0, 0.1) is 6.08 Å². The van der Waals surface area contributed by atoms with Crippen LogP contribution in [0.25, 0.3) is 58.8 Å². The smallest absolute Gasteiger partial charge is 0.158 e. The minimum atomic E-state index is 0.759. The van der Waals surface area contributed by atoms with Gasteiger partial charge in [0.1, 0.15) is 12.2 Å². The normalized spacial score (nSPS) is 13.3. The van der Waals surface area contributed by atoms with Gasteiger partial charge in [0.05, 0.1) is 17.1 Å². The van der Waals surface area contributed by atoms with Crippen molar-refractivity contribution in [3.05, 3.63) is 114 Å². The van der Waals surface area contributed by atoms with E-state index in [0.717, 1.165) is 10.7 Å². The molecule has 1 aliphatic carbocycles. The van der Waals surface area contributed by atoms with Crippen molar-refractivity contribution >= 4 is 70.6 Å². The highest BCUT2D eigenvalue weighted by atomic mass is 35.5. The molecule has 1 nitrogen and oxygen atoms in total. The van der Waals surface area contributed by atoms with Crippen LogP contribution >= 0.6 is 22.9 Å². The topological polar surface area (TPSA) is 4.93 Å². The van der Waals surface area contributed by atoms with E-state index in [9.17, 15) is 0 Å². The Morgan fingerprint density at radius 2 is 1.55 bits per heavy atom. The van der Waals surface area contributed by atoms with Crippen LogP contribution in [0.15, 0.2) is 103 Å². The molecule has 0 saturated carbocycles. The van der Waals surface area contributed by atoms with E-state index in [1.54, 1.807) is 0 Å². The van der Waals surface area contributed by atoms with Crippen molar-refractivity contribution in [2.45, 2.75) is 0 Å². The number of benzene rings is 4. The zero-order valence-corrected chi connectivity index (χ0v) is 19.1. The average molecular weight is 459 g/mol. The first-order chi connectivity index (χ1) is 16.3. The Bertz CT molecular complexity index is 1810. The molecule has 0 atom stereocenters. The molecule has 0 N–H and O–H groups in total. The summed E-state index contributed by atoms with van der Waals surface area (Å²) in [6.45, 7) is 0. The number of hydrogen-bond donors (Lipinski definition) is 0. The SMILES string of the molecule is Clc1ccc(-c2cccc3c2sc2c3ccc3c2c2ccccc2n3C2=CC=C[C+]=C2)cc1. The summed E-state index contributed by atoms with van der Waals surface area (Å²) in [7, 11) is 0. The fourth-order valence-corrected chi connectivity index (χ4v) is 6.48. The first kappa shape index (κ1) is 18.8. The van der Waals surface area contributed by atoms with Gasteiger partial charge in [-0.15, -0.1) is 11.3 Å². The molecule has 0 unspecified atom stereocenters. The predicted molar refractivity (Wildman–Crippen MR) is 144 cm³/mol. The zero-order chi connectivity index (χ0) is 21.9. The van der Waals surface area contributed by atoms with Crippen molar-refractivity contribution in [1.29, 1.82) is 0 Å². The van der Waals surface area contributed by atoms with Gasteiger partial charge in [-0.3, -0.25) is 4.57 Å². The third-order valence-corrected chi connectivity index (χ3v) is 7.93. The first-order valence-corrected chi connectivity index (χ1v) is 12.1. The molecule has 2 heterocycles. The van der Waals surface area contributed by atoms with Crippen LogP contribution in [0.1, 0.15) is 0 Å². The van der Waals surface area contributed by atoms with Gasteiger partial charge in [-0.25, -0.2) is 0 Å². The van der Waals surface area contributed by atoms with Crippen LogP contribution in [0.4, 0.5) is 0 Å². The highest BCUT2D eigenvalue weighted by molar-refractivity contribution is 7.27. The minimum absolute atomic E-state index is 0.759. The zero-order valence-electron chi connectivity index (χ0n) is 17.5. The Kier molecular flexibility index (Phi) is 4.09. The first-order valence-electron chi connectivity index (χ1n) is 10.9. The molecule has 0 bridgehead atoms. The molecule has 4 aromatic carbocycles. The predicted octanol–water partition coefficient (Wildman–Crippen LogP) is 9.25. The summed E-state index contributed by atoms with van der Waals surface area (Å²) in [6, 6.07) is 28.0. The maximum absolute atomic E-state index is 6.15. The van der Waals surface area contributed by atoms with Crippen LogP contribution in [-0.4, -0.2) is 4.57 Å². The summed E-state index contributed by atoms with van der Waals surface area (Å²) in [6.07, 6.45) is 11.4. The lowest BCUT2D eigenvalue weighted by atomic mass is 10.0. The van der Waals surface area contributed by atoms with Crippen LogP contribution in [0.3, 0.4) is 0 Å². The molecule has 0 spiro atoms.